The molecule has 0 fully saturated rings. The maximum Gasteiger partial charge on any atom is 0.337 e. The Bertz CT molecular complexity index is 828. The van der Waals surface area contributed by atoms with Gasteiger partial charge in [-0.2, -0.15) is 0 Å². The molecule has 2 heterocycles. The Labute approximate surface area is 122 Å². The van der Waals surface area contributed by atoms with Crippen LogP contribution in [0.15, 0.2) is 42.6 Å². The van der Waals surface area contributed by atoms with Crippen LogP contribution in [-0.4, -0.2) is 21.0 Å². The summed E-state index contributed by atoms with van der Waals surface area (Å²) in [5.41, 5.74) is 4.15. The molecule has 0 amide bonds. The number of carboxylic acids is 1. The molecule has 4 nitrogen and oxygen atoms in total. The van der Waals surface area contributed by atoms with Gasteiger partial charge in [0.25, 0.3) is 0 Å². The van der Waals surface area contributed by atoms with E-state index in [0.717, 1.165) is 22.2 Å². The molecular weight excluding hydrogens is 264 g/mol. The van der Waals surface area contributed by atoms with E-state index in [9.17, 15) is 9.90 Å². The zero-order valence-electron chi connectivity index (χ0n) is 11.8. The molecule has 3 rings (SSSR count). The molecule has 21 heavy (non-hydrogen) atoms. The van der Waals surface area contributed by atoms with Gasteiger partial charge < -0.3 is 5.11 Å². The van der Waals surface area contributed by atoms with E-state index in [4.69, 9.17) is 0 Å². The molecule has 104 valence electrons. The number of pyridine rings is 2. The lowest BCUT2D eigenvalue weighted by molar-refractivity contribution is 0.0695. The van der Waals surface area contributed by atoms with E-state index in [1.54, 1.807) is 20.0 Å². The van der Waals surface area contributed by atoms with Crippen LogP contribution in [0, 0.1) is 13.8 Å². The highest BCUT2D eigenvalue weighted by Crippen LogP contribution is 2.28. The van der Waals surface area contributed by atoms with E-state index in [1.165, 1.54) is 0 Å². The van der Waals surface area contributed by atoms with Crippen molar-refractivity contribution in [1.82, 2.24) is 9.97 Å². The molecule has 0 bridgehead atoms. The number of benzene rings is 1. The summed E-state index contributed by atoms with van der Waals surface area (Å²) < 4.78 is 0. The van der Waals surface area contributed by atoms with Crippen molar-refractivity contribution in [3.8, 4) is 11.3 Å². The zero-order valence-corrected chi connectivity index (χ0v) is 11.8. The molecule has 3 aromatic rings. The lowest BCUT2D eigenvalue weighted by Gasteiger charge is -2.10. The third kappa shape index (κ3) is 2.25. The SMILES string of the molecule is Cc1cc(-c2cccc3ncccc23)nc(C)c1C(=O)O. The first-order valence-electron chi connectivity index (χ1n) is 6.63. The van der Waals surface area contributed by atoms with Crippen molar-refractivity contribution in [2.45, 2.75) is 13.8 Å². The molecular formula is C17H14N2O2. The fourth-order valence-electron chi connectivity index (χ4n) is 2.62. The van der Waals surface area contributed by atoms with Gasteiger partial charge in [-0.05, 0) is 37.6 Å². The molecule has 0 atom stereocenters. The largest absolute Gasteiger partial charge is 0.478 e. The molecule has 0 aliphatic carbocycles. The lowest BCUT2D eigenvalue weighted by atomic mass is 10.0. The van der Waals surface area contributed by atoms with Crippen LogP contribution in [0.5, 0.6) is 0 Å². The fraction of sp³-hybridized carbons (Fsp3) is 0.118. The van der Waals surface area contributed by atoms with Gasteiger partial charge in [0.15, 0.2) is 0 Å². The summed E-state index contributed by atoms with van der Waals surface area (Å²) in [6.07, 6.45) is 1.75. The Hall–Kier alpha value is -2.75. The van der Waals surface area contributed by atoms with Gasteiger partial charge in [-0.25, -0.2) is 4.79 Å². The van der Waals surface area contributed by atoms with Crippen molar-refractivity contribution in [2.24, 2.45) is 0 Å². The molecule has 2 aromatic heterocycles. The first kappa shape index (κ1) is 13.2. The third-order valence-electron chi connectivity index (χ3n) is 3.53. The van der Waals surface area contributed by atoms with E-state index in [2.05, 4.69) is 9.97 Å². The van der Waals surface area contributed by atoms with Crippen LogP contribution >= 0.6 is 0 Å². The zero-order chi connectivity index (χ0) is 15.0. The van der Waals surface area contributed by atoms with Gasteiger partial charge in [0.05, 0.1) is 22.5 Å². The van der Waals surface area contributed by atoms with Gasteiger partial charge in [-0.1, -0.05) is 18.2 Å². The number of nitrogens with zero attached hydrogens (tertiary/aromatic N) is 2. The summed E-state index contributed by atoms with van der Waals surface area (Å²) in [5.74, 6) is -0.941. The van der Waals surface area contributed by atoms with Crippen molar-refractivity contribution >= 4 is 16.9 Å². The number of rotatable bonds is 2. The first-order valence-corrected chi connectivity index (χ1v) is 6.63. The lowest BCUT2D eigenvalue weighted by Crippen LogP contribution is -2.05. The number of carboxylic acid groups (broad SMARTS) is 1. The Morgan fingerprint density at radius 1 is 1.14 bits per heavy atom. The van der Waals surface area contributed by atoms with Crippen molar-refractivity contribution in [1.29, 1.82) is 0 Å². The average Bonchev–Trinajstić information content (AvgIpc) is 2.45. The van der Waals surface area contributed by atoms with Crippen molar-refractivity contribution < 1.29 is 9.90 Å². The van der Waals surface area contributed by atoms with E-state index < -0.39 is 5.97 Å². The Balaban J connectivity index is 2.27. The third-order valence-corrected chi connectivity index (χ3v) is 3.53. The summed E-state index contributed by atoms with van der Waals surface area (Å²) in [6.45, 7) is 3.52. The molecule has 0 saturated carbocycles. The number of aromatic nitrogens is 2. The number of fused-ring (bicyclic) bond motifs is 1. The monoisotopic (exact) mass is 278 g/mol. The van der Waals surface area contributed by atoms with Crippen molar-refractivity contribution in [2.75, 3.05) is 0 Å². The van der Waals surface area contributed by atoms with Gasteiger partial charge in [0.1, 0.15) is 0 Å². The van der Waals surface area contributed by atoms with Crippen LogP contribution in [0.1, 0.15) is 21.6 Å². The average molecular weight is 278 g/mol. The van der Waals surface area contributed by atoms with Crippen molar-refractivity contribution in [3.05, 3.63) is 59.4 Å². The molecule has 0 radical (unpaired) electrons. The highest BCUT2D eigenvalue weighted by atomic mass is 16.4. The number of aromatic carboxylic acids is 1. The highest BCUT2D eigenvalue weighted by Gasteiger charge is 2.15. The summed E-state index contributed by atoms with van der Waals surface area (Å²) >= 11 is 0. The van der Waals surface area contributed by atoms with Crippen LogP contribution in [-0.2, 0) is 0 Å². The molecule has 0 aliphatic heterocycles. The topological polar surface area (TPSA) is 63.1 Å². The van der Waals surface area contributed by atoms with E-state index in [0.29, 0.717) is 11.3 Å². The maximum absolute atomic E-state index is 11.3. The van der Waals surface area contributed by atoms with Gasteiger partial charge in [0.2, 0.25) is 0 Å². The standard InChI is InChI=1S/C17H14N2O2/c1-10-9-15(19-11(2)16(10)17(20)21)13-5-3-7-14-12(13)6-4-8-18-14/h3-9H,1-2H3,(H,20,21). The maximum atomic E-state index is 11.3. The molecule has 1 aromatic carbocycles. The predicted octanol–water partition coefficient (Wildman–Crippen LogP) is 3.61. The second kappa shape index (κ2) is 4.98. The Kier molecular flexibility index (Phi) is 3.14. The second-order valence-electron chi connectivity index (χ2n) is 4.97. The van der Waals surface area contributed by atoms with Crippen LogP contribution in [0.2, 0.25) is 0 Å². The van der Waals surface area contributed by atoms with E-state index in [1.807, 2.05) is 36.4 Å². The number of hydrogen-bond donors (Lipinski definition) is 1. The summed E-state index contributed by atoms with van der Waals surface area (Å²) in [6, 6.07) is 11.6. The Morgan fingerprint density at radius 3 is 2.67 bits per heavy atom. The minimum atomic E-state index is -0.941. The summed E-state index contributed by atoms with van der Waals surface area (Å²) in [4.78, 5) is 20.1. The smallest absolute Gasteiger partial charge is 0.337 e. The second-order valence-corrected chi connectivity index (χ2v) is 4.97. The van der Waals surface area contributed by atoms with Crippen LogP contribution < -0.4 is 0 Å². The van der Waals surface area contributed by atoms with Crippen LogP contribution in [0.4, 0.5) is 0 Å². The Morgan fingerprint density at radius 2 is 1.95 bits per heavy atom. The first-order chi connectivity index (χ1) is 10.1. The summed E-state index contributed by atoms with van der Waals surface area (Å²) in [7, 11) is 0. The minimum absolute atomic E-state index is 0.275. The normalized spacial score (nSPS) is 10.8. The van der Waals surface area contributed by atoms with E-state index >= 15 is 0 Å². The fourth-order valence-corrected chi connectivity index (χ4v) is 2.62. The van der Waals surface area contributed by atoms with Gasteiger partial charge in [0, 0.05) is 17.1 Å². The van der Waals surface area contributed by atoms with Gasteiger partial charge in [-0.3, -0.25) is 9.97 Å². The highest BCUT2D eigenvalue weighted by molar-refractivity contribution is 5.95. The van der Waals surface area contributed by atoms with Crippen molar-refractivity contribution in [3.63, 3.8) is 0 Å². The van der Waals surface area contributed by atoms with Gasteiger partial charge >= 0.3 is 5.97 Å². The molecule has 0 unspecified atom stereocenters. The minimum Gasteiger partial charge on any atom is -0.478 e. The van der Waals surface area contributed by atoms with E-state index in [-0.39, 0.29) is 5.56 Å². The molecule has 0 saturated heterocycles. The quantitative estimate of drug-likeness (QED) is 0.777. The molecule has 1 N–H and O–H groups in total. The number of carbonyl (C=O) groups is 1. The molecule has 0 aliphatic rings. The van der Waals surface area contributed by atoms with Crippen LogP contribution in [0.3, 0.4) is 0 Å². The number of hydrogen-bond acceptors (Lipinski definition) is 3. The summed E-state index contributed by atoms with van der Waals surface area (Å²) in [5, 5.41) is 10.2. The molecule has 4 heteroatoms. The van der Waals surface area contributed by atoms with Crippen LogP contribution in [0.25, 0.3) is 22.2 Å². The number of aryl methyl sites for hydroxylation is 2. The van der Waals surface area contributed by atoms with Gasteiger partial charge in [-0.15, -0.1) is 0 Å². The molecule has 0 spiro atoms. The predicted molar refractivity (Wildman–Crippen MR) is 81.4 cm³/mol.